The smallest absolute Gasteiger partial charge is 0.137 e. The SMILES string of the molecule is CCCCCCC(C)(C)c1cc(O)c([C@@H]2CC(=O)[C@@H]3CC2C3(C)C)c(O)c1. The van der Waals surface area contributed by atoms with E-state index in [4.69, 9.17) is 0 Å². The molecule has 0 aliphatic heterocycles. The first kappa shape index (κ1) is 20.2. The molecule has 3 heteroatoms. The maximum Gasteiger partial charge on any atom is 0.137 e. The Morgan fingerprint density at radius 3 is 2.26 bits per heavy atom. The molecule has 0 aromatic heterocycles. The van der Waals surface area contributed by atoms with Crippen LogP contribution >= 0.6 is 0 Å². The zero-order valence-corrected chi connectivity index (χ0v) is 17.6. The molecule has 3 aliphatic carbocycles. The minimum absolute atomic E-state index is 0.0316. The number of phenolic OH excluding ortho intramolecular Hbond substituents is 2. The second-order valence-corrected chi connectivity index (χ2v) is 10.1. The Labute approximate surface area is 164 Å². The van der Waals surface area contributed by atoms with Crippen molar-refractivity contribution in [3.8, 4) is 11.5 Å². The first-order valence-corrected chi connectivity index (χ1v) is 10.7. The Bertz CT molecular complexity index is 693. The fraction of sp³-hybridized carbons (Fsp3) is 0.708. The van der Waals surface area contributed by atoms with Crippen molar-refractivity contribution in [3.63, 3.8) is 0 Å². The third kappa shape index (κ3) is 3.50. The van der Waals surface area contributed by atoms with Crippen molar-refractivity contribution in [2.45, 2.75) is 90.9 Å². The van der Waals surface area contributed by atoms with Gasteiger partial charge in [-0.3, -0.25) is 4.79 Å². The normalized spacial score (nSPS) is 26.7. The van der Waals surface area contributed by atoms with Gasteiger partial charge < -0.3 is 10.2 Å². The Hall–Kier alpha value is -1.51. The number of carbonyl (C=O) groups excluding carboxylic acids is 1. The van der Waals surface area contributed by atoms with E-state index >= 15 is 0 Å². The Balaban J connectivity index is 1.84. The van der Waals surface area contributed by atoms with Gasteiger partial charge in [0.1, 0.15) is 17.3 Å². The van der Waals surface area contributed by atoms with Crippen LogP contribution in [-0.2, 0) is 10.2 Å². The lowest BCUT2D eigenvalue weighted by Crippen LogP contribution is -2.56. The van der Waals surface area contributed by atoms with Crippen molar-refractivity contribution in [3.05, 3.63) is 23.3 Å². The standard InChI is InChI=1S/C24H36O3/c1-6-7-8-9-10-23(2,3)15-11-20(26)22(21(27)12-15)16-13-19(25)18-14-17(16)24(18,4)5/h11-12,16-18,26-27H,6-10,13-14H2,1-5H3/t16-,17?,18+/m1/s1. The molecule has 0 radical (unpaired) electrons. The number of rotatable bonds is 7. The lowest BCUT2D eigenvalue weighted by molar-refractivity contribution is -0.151. The number of benzene rings is 1. The lowest BCUT2D eigenvalue weighted by atomic mass is 9.44. The van der Waals surface area contributed by atoms with E-state index in [0.29, 0.717) is 17.9 Å². The molecule has 1 unspecified atom stereocenters. The molecule has 3 aliphatic rings. The molecule has 0 heterocycles. The maximum absolute atomic E-state index is 12.5. The number of phenols is 2. The molecule has 0 spiro atoms. The van der Waals surface area contributed by atoms with E-state index in [-0.39, 0.29) is 39.9 Å². The van der Waals surface area contributed by atoms with Gasteiger partial charge in [0.05, 0.1) is 0 Å². The van der Waals surface area contributed by atoms with Crippen LogP contribution in [0, 0.1) is 17.3 Å². The summed E-state index contributed by atoms with van der Waals surface area (Å²) in [6, 6.07) is 3.66. The summed E-state index contributed by atoms with van der Waals surface area (Å²) in [5.74, 6) is 1.04. The summed E-state index contributed by atoms with van der Waals surface area (Å²) in [4.78, 5) is 12.5. The topological polar surface area (TPSA) is 57.5 Å². The zero-order valence-electron chi connectivity index (χ0n) is 17.6. The number of unbranched alkanes of at least 4 members (excludes halogenated alkanes) is 3. The van der Waals surface area contributed by atoms with Gasteiger partial charge in [-0.25, -0.2) is 0 Å². The number of carbonyl (C=O) groups is 1. The van der Waals surface area contributed by atoms with Gasteiger partial charge in [0.25, 0.3) is 0 Å². The summed E-state index contributed by atoms with van der Waals surface area (Å²) in [6.07, 6.45) is 7.20. The minimum atomic E-state index is -0.0928. The van der Waals surface area contributed by atoms with E-state index in [1.165, 1.54) is 19.3 Å². The molecule has 1 aromatic rings. The van der Waals surface area contributed by atoms with Gasteiger partial charge in [0, 0.05) is 23.8 Å². The highest BCUT2D eigenvalue weighted by Gasteiger charge is 2.59. The zero-order chi connectivity index (χ0) is 20.0. The van der Waals surface area contributed by atoms with Crippen LogP contribution in [0.1, 0.15) is 96.6 Å². The second-order valence-electron chi connectivity index (χ2n) is 10.1. The fourth-order valence-electron chi connectivity index (χ4n) is 5.52. The van der Waals surface area contributed by atoms with Crippen molar-refractivity contribution in [2.24, 2.45) is 17.3 Å². The maximum atomic E-state index is 12.5. The molecule has 1 aromatic carbocycles. The van der Waals surface area contributed by atoms with E-state index in [2.05, 4.69) is 34.6 Å². The summed E-state index contributed by atoms with van der Waals surface area (Å²) in [5.41, 5.74) is 1.44. The van der Waals surface area contributed by atoms with Crippen LogP contribution < -0.4 is 0 Å². The molecule has 0 saturated heterocycles. The summed E-state index contributed by atoms with van der Waals surface area (Å²) in [5, 5.41) is 21.6. The van der Waals surface area contributed by atoms with Crippen LogP contribution in [0.5, 0.6) is 11.5 Å². The van der Waals surface area contributed by atoms with Crippen LogP contribution in [0.4, 0.5) is 0 Å². The Kier molecular flexibility index (Phi) is 5.35. The van der Waals surface area contributed by atoms with E-state index in [1.54, 1.807) is 0 Å². The second kappa shape index (κ2) is 7.14. The van der Waals surface area contributed by atoms with E-state index in [9.17, 15) is 15.0 Å². The number of ketones is 1. The molecule has 3 saturated carbocycles. The molecule has 150 valence electrons. The van der Waals surface area contributed by atoms with Gasteiger partial charge in [0.2, 0.25) is 0 Å². The third-order valence-corrected chi connectivity index (χ3v) is 7.58. The van der Waals surface area contributed by atoms with Crippen LogP contribution in [0.15, 0.2) is 12.1 Å². The van der Waals surface area contributed by atoms with Crippen molar-refractivity contribution < 1.29 is 15.0 Å². The molecular formula is C24H36O3. The molecule has 4 rings (SSSR count). The molecule has 3 fully saturated rings. The highest BCUT2D eigenvalue weighted by Crippen LogP contribution is 2.64. The largest absolute Gasteiger partial charge is 0.508 e. The van der Waals surface area contributed by atoms with Crippen molar-refractivity contribution in [1.82, 2.24) is 0 Å². The molecule has 2 N–H and O–H groups in total. The van der Waals surface area contributed by atoms with Crippen LogP contribution in [0.25, 0.3) is 0 Å². The number of aromatic hydroxyl groups is 2. The summed E-state index contributed by atoms with van der Waals surface area (Å²) in [7, 11) is 0. The fourth-order valence-corrected chi connectivity index (χ4v) is 5.52. The van der Waals surface area contributed by atoms with E-state index < -0.39 is 0 Å². The van der Waals surface area contributed by atoms with E-state index in [1.807, 2.05) is 12.1 Å². The summed E-state index contributed by atoms with van der Waals surface area (Å²) in [6.45, 7) is 10.9. The monoisotopic (exact) mass is 372 g/mol. The molecule has 3 nitrogen and oxygen atoms in total. The molecule has 3 atom stereocenters. The van der Waals surface area contributed by atoms with Crippen LogP contribution in [0.2, 0.25) is 0 Å². The number of hydrogen-bond donors (Lipinski definition) is 2. The molecular weight excluding hydrogens is 336 g/mol. The van der Waals surface area contributed by atoms with Gasteiger partial charge >= 0.3 is 0 Å². The Morgan fingerprint density at radius 2 is 1.74 bits per heavy atom. The van der Waals surface area contributed by atoms with Gasteiger partial charge in [-0.05, 0) is 47.3 Å². The van der Waals surface area contributed by atoms with Crippen LogP contribution in [-0.4, -0.2) is 16.0 Å². The quantitative estimate of drug-likeness (QED) is 0.572. The summed E-state index contributed by atoms with van der Waals surface area (Å²) >= 11 is 0. The molecule has 27 heavy (non-hydrogen) atoms. The highest BCUT2D eigenvalue weighted by atomic mass is 16.3. The predicted molar refractivity (Wildman–Crippen MR) is 109 cm³/mol. The van der Waals surface area contributed by atoms with Gasteiger partial charge in [-0.2, -0.15) is 0 Å². The number of Topliss-reactive ketones (excluding diaryl/α,β-unsaturated/α-hetero) is 1. The highest BCUT2D eigenvalue weighted by molar-refractivity contribution is 5.86. The Morgan fingerprint density at radius 1 is 1.11 bits per heavy atom. The first-order valence-electron chi connectivity index (χ1n) is 10.7. The predicted octanol–water partition coefficient (Wildman–Crippen LogP) is 6.06. The van der Waals surface area contributed by atoms with Gasteiger partial charge in [-0.15, -0.1) is 0 Å². The average molecular weight is 373 g/mol. The van der Waals surface area contributed by atoms with E-state index in [0.717, 1.165) is 24.8 Å². The molecule has 0 amide bonds. The lowest BCUT2D eigenvalue weighted by Gasteiger charge is -2.59. The van der Waals surface area contributed by atoms with Gasteiger partial charge in [-0.1, -0.05) is 60.3 Å². The van der Waals surface area contributed by atoms with Gasteiger partial charge in [0.15, 0.2) is 0 Å². The number of fused-ring (bicyclic) bond motifs is 2. The van der Waals surface area contributed by atoms with Crippen molar-refractivity contribution in [1.29, 1.82) is 0 Å². The molecule has 2 bridgehead atoms. The van der Waals surface area contributed by atoms with Crippen molar-refractivity contribution in [2.75, 3.05) is 0 Å². The number of hydrogen-bond acceptors (Lipinski definition) is 3. The minimum Gasteiger partial charge on any atom is -0.508 e. The average Bonchev–Trinajstić information content (AvgIpc) is 2.57. The first-order chi connectivity index (χ1) is 12.6. The summed E-state index contributed by atoms with van der Waals surface area (Å²) < 4.78 is 0. The third-order valence-electron chi connectivity index (χ3n) is 7.58. The van der Waals surface area contributed by atoms with Crippen LogP contribution in [0.3, 0.4) is 0 Å². The van der Waals surface area contributed by atoms with Crippen molar-refractivity contribution >= 4 is 5.78 Å².